The molecule has 4 N–H and O–H groups in total. The molecular weight excluding hydrogens is 372 g/mol. The summed E-state index contributed by atoms with van der Waals surface area (Å²) < 4.78 is 13.4. The Kier molecular flexibility index (Phi) is 5.87. The number of nitrogens with two attached hydrogens (primary N) is 1. The van der Waals surface area contributed by atoms with Gasteiger partial charge in [-0.1, -0.05) is 13.8 Å². The number of carbonyl (C=O) groups excluding carboxylic acids is 1. The van der Waals surface area contributed by atoms with E-state index in [1.165, 1.54) is 0 Å². The number of amides is 1. The fraction of sp³-hybridized carbons (Fsp3) is 0.619. The molecule has 1 aromatic carbocycles. The van der Waals surface area contributed by atoms with Gasteiger partial charge in [0.2, 0.25) is 0 Å². The van der Waals surface area contributed by atoms with E-state index in [0.29, 0.717) is 24.6 Å². The number of fused-ring (bicyclic) bond motifs is 2. The van der Waals surface area contributed by atoms with E-state index in [9.17, 15) is 9.90 Å². The fourth-order valence-corrected chi connectivity index (χ4v) is 4.19. The van der Waals surface area contributed by atoms with Crippen LogP contribution >= 0.6 is 0 Å². The summed E-state index contributed by atoms with van der Waals surface area (Å²) in [5.41, 5.74) is 8.14. The molecule has 2 aliphatic rings. The van der Waals surface area contributed by atoms with Gasteiger partial charge in [-0.15, -0.1) is 0 Å². The first-order valence-electron chi connectivity index (χ1n) is 10.4. The molecule has 2 saturated heterocycles. The number of aryl methyl sites for hydroxylation is 1. The first kappa shape index (κ1) is 20.3. The molecule has 0 saturated carbocycles. The van der Waals surface area contributed by atoms with Gasteiger partial charge >= 0.3 is 0 Å². The number of benzene rings is 1. The van der Waals surface area contributed by atoms with E-state index in [0.717, 1.165) is 36.2 Å². The van der Waals surface area contributed by atoms with Crippen molar-refractivity contribution in [3.8, 4) is 0 Å². The number of nitrogens with one attached hydrogen (secondary N) is 1. The number of hydrogen-bond acceptors (Lipinski definition) is 6. The molecule has 158 valence electrons. The van der Waals surface area contributed by atoms with Crippen molar-refractivity contribution in [1.82, 2.24) is 14.9 Å². The minimum absolute atomic E-state index is 0.178. The van der Waals surface area contributed by atoms with E-state index in [-0.39, 0.29) is 30.8 Å². The lowest BCUT2D eigenvalue weighted by Gasteiger charge is -2.17. The van der Waals surface area contributed by atoms with Crippen molar-refractivity contribution in [2.45, 2.75) is 57.6 Å². The van der Waals surface area contributed by atoms with E-state index in [2.05, 4.69) is 23.7 Å². The standard InChI is InChI=1S/C21H30N4O4/c1-12(2)8-18-23-14-5-4-13(9-16(14)25(18)7-3-6-22)21(27)24-15-10-28-20-17(26)11-29-19(15)20/h4-5,9,12,15,17,19-20,26H,3,6-8,10-11,22H2,1-2H3,(H,24,27)/t15-,17-,19-,20-/m1/s1. The summed E-state index contributed by atoms with van der Waals surface area (Å²) in [6.45, 7) is 6.32. The van der Waals surface area contributed by atoms with Crippen LogP contribution in [0.15, 0.2) is 18.2 Å². The summed E-state index contributed by atoms with van der Waals surface area (Å²) in [7, 11) is 0. The lowest BCUT2D eigenvalue weighted by molar-refractivity contribution is 0.0178. The van der Waals surface area contributed by atoms with Crippen LogP contribution in [-0.4, -0.2) is 64.7 Å². The largest absolute Gasteiger partial charge is 0.388 e. The van der Waals surface area contributed by atoms with Crippen molar-refractivity contribution < 1.29 is 19.4 Å². The Morgan fingerprint density at radius 1 is 1.34 bits per heavy atom. The Balaban J connectivity index is 1.56. The molecule has 2 aromatic rings. The summed E-state index contributed by atoms with van der Waals surface area (Å²) in [5, 5.41) is 12.9. The number of nitrogens with zero attached hydrogens (tertiary/aromatic N) is 2. The van der Waals surface area contributed by atoms with Crippen molar-refractivity contribution in [3.05, 3.63) is 29.6 Å². The summed E-state index contributed by atoms with van der Waals surface area (Å²) in [6.07, 6.45) is 0.442. The van der Waals surface area contributed by atoms with Gasteiger partial charge < -0.3 is 30.2 Å². The first-order chi connectivity index (χ1) is 14.0. The van der Waals surface area contributed by atoms with Crippen molar-refractivity contribution in [2.24, 2.45) is 11.7 Å². The van der Waals surface area contributed by atoms with Crippen molar-refractivity contribution in [1.29, 1.82) is 0 Å². The maximum Gasteiger partial charge on any atom is 0.251 e. The fourth-order valence-electron chi connectivity index (χ4n) is 4.19. The maximum absolute atomic E-state index is 12.9. The number of hydrogen-bond donors (Lipinski definition) is 3. The number of ether oxygens (including phenoxy) is 2. The van der Waals surface area contributed by atoms with E-state index >= 15 is 0 Å². The van der Waals surface area contributed by atoms with Crippen LogP contribution in [0.4, 0.5) is 0 Å². The third kappa shape index (κ3) is 4.02. The highest BCUT2D eigenvalue weighted by Crippen LogP contribution is 2.27. The van der Waals surface area contributed by atoms with Crippen molar-refractivity contribution in [3.63, 3.8) is 0 Å². The smallest absolute Gasteiger partial charge is 0.251 e. The van der Waals surface area contributed by atoms with Crippen molar-refractivity contribution >= 4 is 16.9 Å². The van der Waals surface area contributed by atoms with Gasteiger partial charge in [0.25, 0.3) is 5.91 Å². The molecule has 0 radical (unpaired) electrons. The average Bonchev–Trinajstić information content (AvgIpc) is 3.35. The number of aromatic nitrogens is 2. The van der Waals surface area contributed by atoms with E-state index in [1.807, 2.05) is 12.1 Å². The van der Waals surface area contributed by atoms with Crippen LogP contribution in [0.5, 0.6) is 0 Å². The summed E-state index contributed by atoms with van der Waals surface area (Å²) in [6, 6.07) is 5.33. The molecule has 4 rings (SSSR count). The Bertz CT molecular complexity index is 881. The molecule has 4 atom stereocenters. The molecular formula is C21H30N4O4. The summed E-state index contributed by atoms with van der Waals surface area (Å²) >= 11 is 0. The molecule has 1 amide bonds. The zero-order valence-electron chi connectivity index (χ0n) is 17.0. The molecule has 8 nitrogen and oxygen atoms in total. The number of aliphatic hydroxyl groups is 1. The number of imidazole rings is 1. The van der Waals surface area contributed by atoms with Gasteiger partial charge in [-0.05, 0) is 37.1 Å². The van der Waals surface area contributed by atoms with Crippen LogP contribution < -0.4 is 11.1 Å². The van der Waals surface area contributed by atoms with E-state index < -0.39 is 6.10 Å². The molecule has 0 bridgehead atoms. The minimum Gasteiger partial charge on any atom is -0.388 e. The summed E-state index contributed by atoms with van der Waals surface area (Å²) in [5.74, 6) is 1.34. The Labute approximate surface area is 170 Å². The third-order valence-corrected chi connectivity index (χ3v) is 5.61. The summed E-state index contributed by atoms with van der Waals surface area (Å²) in [4.78, 5) is 17.7. The molecule has 0 aliphatic carbocycles. The minimum atomic E-state index is -0.630. The van der Waals surface area contributed by atoms with Crippen LogP contribution in [0, 0.1) is 5.92 Å². The second-order valence-electron chi connectivity index (χ2n) is 8.37. The van der Waals surface area contributed by atoms with Gasteiger partial charge in [-0.3, -0.25) is 4.79 Å². The third-order valence-electron chi connectivity index (χ3n) is 5.61. The van der Waals surface area contributed by atoms with Crippen LogP contribution in [0.2, 0.25) is 0 Å². The maximum atomic E-state index is 12.9. The molecule has 29 heavy (non-hydrogen) atoms. The predicted molar refractivity (Wildman–Crippen MR) is 109 cm³/mol. The molecule has 2 aliphatic heterocycles. The zero-order valence-corrected chi connectivity index (χ0v) is 17.0. The molecule has 0 spiro atoms. The SMILES string of the molecule is CC(C)Cc1nc2ccc(C(=O)N[C@@H]3CO[C@H]4[C@@H]3OC[C@H]4O)cc2n1CCCN. The van der Waals surface area contributed by atoms with Crippen molar-refractivity contribution in [2.75, 3.05) is 19.8 Å². The van der Waals surface area contributed by atoms with Gasteiger partial charge in [0, 0.05) is 18.5 Å². The number of carbonyl (C=O) groups is 1. The van der Waals surface area contributed by atoms with Crippen LogP contribution in [0.25, 0.3) is 11.0 Å². The predicted octanol–water partition coefficient (Wildman–Crippen LogP) is 0.841. The number of rotatable bonds is 7. The molecule has 1 aromatic heterocycles. The number of aliphatic hydroxyl groups excluding tert-OH is 1. The lowest BCUT2D eigenvalue weighted by atomic mass is 10.1. The van der Waals surface area contributed by atoms with Gasteiger partial charge in [0.15, 0.2) is 0 Å². The van der Waals surface area contributed by atoms with Crippen LogP contribution in [-0.2, 0) is 22.4 Å². The molecule has 2 fully saturated rings. The topological polar surface area (TPSA) is 112 Å². The molecule has 3 heterocycles. The highest BCUT2D eigenvalue weighted by atomic mass is 16.6. The highest BCUT2D eigenvalue weighted by Gasteiger charge is 2.47. The Morgan fingerprint density at radius 2 is 2.14 bits per heavy atom. The second kappa shape index (κ2) is 8.39. The zero-order chi connectivity index (χ0) is 20.5. The average molecular weight is 402 g/mol. The lowest BCUT2D eigenvalue weighted by Crippen LogP contribution is -2.44. The van der Waals surface area contributed by atoms with E-state index in [4.69, 9.17) is 20.2 Å². The first-order valence-corrected chi connectivity index (χ1v) is 10.4. The molecule has 8 heteroatoms. The quantitative estimate of drug-likeness (QED) is 0.633. The highest BCUT2D eigenvalue weighted by molar-refractivity contribution is 5.97. The molecule has 0 unspecified atom stereocenters. The van der Waals surface area contributed by atoms with Gasteiger partial charge in [0.1, 0.15) is 24.1 Å². The van der Waals surface area contributed by atoms with Crippen LogP contribution in [0.3, 0.4) is 0 Å². The second-order valence-corrected chi connectivity index (χ2v) is 8.37. The normalized spacial score (nSPS) is 26.4. The monoisotopic (exact) mass is 402 g/mol. The Morgan fingerprint density at radius 3 is 2.90 bits per heavy atom. The van der Waals surface area contributed by atoms with E-state index in [1.54, 1.807) is 6.07 Å². The van der Waals surface area contributed by atoms with Gasteiger partial charge in [-0.2, -0.15) is 0 Å². The van der Waals surface area contributed by atoms with Gasteiger partial charge in [-0.25, -0.2) is 4.98 Å². The Hall–Kier alpha value is -2.00. The van der Waals surface area contributed by atoms with Crippen LogP contribution in [0.1, 0.15) is 36.5 Å². The van der Waals surface area contributed by atoms with Gasteiger partial charge in [0.05, 0.1) is 30.3 Å².